The second-order valence-corrected chi connectivity index (χ2v) is 3.39. The van der Waals surface area contributed by atoms with Crippen molar-refractivity contribution in [1.29, 1.82) is 0 Å². The van der Waals surface area contributed by atoms with Crippen LogP contribution in [-0.2, 0) is 0 Å². The second kappa shape index (κ2) is 2.48. The van der Waals surface area contributed by atoms with Crippen LogP contribution < -0.4 is 10.7 Å². The second-order valence-electron chi connectivity index (χ2n) is 3.39. The van der Waals surface area contributed by atoms with Gasteiger partial charge in [0.2, 0.25) is 0 Å². The minimum Gasteiger partial charge on any atom is -0.352 e. The third-order valence-corrected chi connectivity index (χ3v) is 2.46. The van der Waals surface area contributed by atoms with Crippen LogP contribution in [0.2, 0.25) is 0 Å². The number of aromatic amines is 2. The van der Waals surface area contributed by atoms with Gasteiger partial charge in [0.05, 0.1) is 5.52 Å². The minimum atomic E-state index is 0.683. The van der Waals surface area contributed by atoms with Crippen LogP contribution >= 0.6 is 0 Å². The van der Waals surface area contributed by atoms with Gasteiger partial charge < -0.3 is 4.98 Å². The highest BCUT2D eigenvalue weighted by Crippen LogP contribution is 2.24. The molecule has 0 bridgehead atoms. The molecule has 3 nitrogen and oxygen atoms in total. The van der Waals surface area contributed by atoms with Gasteiger partial charge in [0.25, 0.3) is 5.82 Å². The van der Waals surface area contributed by atoms with Gasteiger partial charge in [-0.25, -0.2) is 4.98 Å². The van der Waals surface area contributed by atoms with Gasteiger partial charge >= 0.3 is 0 Å². The first-order valence-electron chi connectivity index (χ1n) is 4.52. The Balaban J connectivity index is 2.58. The van der Waals surface area contributed by atoms with Crippen LogP contribution in [0.25, 0.3) is 21.8 Å². The molecule has 0 aliphatic heterocycles. The highest BCUT2D eigenvalue weighted by molar-refractivity contribution is 6.07. The first-order valence-corrected chi connectivity index (χ1v) is 4.52. The van der Waals surface area contributed by atoms with Gasteiger partial charge in [-0.2, -0.15) is 0 Å². The number of anilines is 1. The van der Waals surface area contributed by atoms with Gasteiger partial charge in [-0.3, -0.25) is 5.73 Å². The van der Waals surface area contributed by atoms with E-state index in [9.17, 15) is 0 Å². The number of rotatable bonds is 0. The quantitative estimate of drug-likeness (QED) is 0.549. The van der Waals surface area contributed by atoms with E-state index in [0.717, 1.165) is 16.4 Å². The number of hydrogen-bond donors (Lipinski definition) is 2. The van der Waals surface area contributed by atoms with E-state index in [-0.39, 0.29) is 0 Å². The number of hydrogen-bond acceptors (Lipinski definition) is 1. The van der Waals surface area contributed by atoms with Gasteiger partial charge in [-0.15, -0.1) is 0 Å². The van der Waals surface area contributed by atoms with E-state index >= 15 is 0 Å². The van der Waals surface area contributed by atoms with Gasteiger partial charge in [0.15, 0.2) is 0 Å². The predicted molar refractivity (Wildman–Crippen MR) is 56.8 cm³/mol. The zero-order valence-corrected chi connectivity index (χ0v) is 7.54. The molecule has 0 radical (unpaired) electrons. The number of nitrogen functional groups attached to an aromatic ring is 1. The average molecular weight is 184 g/mol. The molecule has 0 spiro atoms. The Bertz CT molecular complexity index is 610. The normalized spacial score (nSPS) is 11.1. The fourth-order valence-corrected chi connectivity index (χ4v) is 1.81. The molecule has 3 aromatic rings. The van der Waals surface area contributed by atoms with E-state index in [1.807, 2.05) is 24.4 Å². The Kier molecular flexibility index (Phi) is 1.31. The molecule has 0 aliphatic carbocycles. The standard InChI is InChI=1S/C11H9N3/c12-11-5-8-7-3-1-2-4-9(7)14-10(8)6-13-11/h1-6,14H,(H2,12,13)/p+1. The van der Waals surface area contributed by atoms with E-state index in [4.69, 9.17) is 5.73 Å². The van der Waals surface area contributed by atoms with Crippen LogP contribution in [-0.4, -0.2) is 4.98 Å². The fraction of sp³-hybridized carbons (Fsp3) is 0. The number of fused-ring (bicyclic) bond motifs is 3. The molecular formula is C11H10N3+. The van der Waals surface area contributed by atoms with Crippen LogP contribution in [0.5, 0.6) is 0 Å². The minimum absolute atomic E-state index is 0.683. The van der Waals surface area contributed by atoms with Crippen molar-refractivity contribution in [1.82, 2.24) is 4.98 Å². The molecule has 3 heteroatoms. The van der Waals surface area contributed by atoms with Crippen molar-refractivity contribution in [2.45, 2.75) is 0 Å². The number of aromatic nitrogens is 2. The smallest absolute Gasteiger partial charge is 0.270 e. The summed E-state index contributed by atoms with van der Waals surface area (Å²) in [7, 11) is 0. The maximum Gasteiger partial charge on any atom is 0.270 e. The third kappa shape index (κ3) is 0.893. The highest BCUT2D eigenvalue weighted by Gasteiger charge is 2.05. The molecule has 0 unspecified atom stereocenters. The van der Waals surface area contributed by atoms with Crippen LogP contribution in [0, 0.1) is 0 Å². The number of benzene rings is 1. The number of H-pyrrole nitrogens is 2. The van der Waals surface area contributed by atoms with Gasteiger partial charge in [-0.1, -0.05) is 18.2 Å². The SMILES string of the molecule is Nc1cc2c(c[nH+]1)[nH]c1ccccc12. The van der Waals surface area contributed by atoms with Crippen molar-refractivity contribution in [3.05, 3.63) is 36.5 Å². The summed E-state index contributed by atoms with van der Waals surface area (Å²) in [5.41, 5.74) is 7.93. The lowest BCUT2D eigenvalue weighted by Crippen LogP contribution is -2.07. The summed E-state index contributed by atoms with van der Waals surface area (Å²) in [6.45, 7) is 0. The van der Waals surface area contributed by atoms with Crippen molar-refractivity contribution < 1.29 is 4.98 Å². The van der Waals surface area contributed by atoms with Crippen molar-refractivity contribution in [2.24, 2.45) is 0 Å². The average Bonchev–Trinajstić information content (AvgIpc) is 2.56. The van der Waals surface area contributed by atoms with Crippen molar-refractivity contribution >= 4 is 27.6 Å². The molecule has 0 saturated carbocycles. The molecule has 2 heterocycles. The van der Waals surface area contributed by atoms with E-state index < -0.39 is 0 Å². The first kappa shape index (κ1) is 7.38. The lowest BCUT2D eigenvalue weighted by Gasteiger charge is -1.88. The molecule has 0 fully saturated rings. The van der Waals surface area contributed by atoms with Crippen LogP contribution in [0.3, 0.4) is 0 Å². The summed E-state index contributed by atoms with van der Waals surface area (Å²) in [5, 5.41) is 2.38. The molecule has 4 N–H and O–H groups in total. The molecule has 0 atom stereocenters. The Morgan fingerprint density at radius 2 is 1.93 bits per heavy atom. The Hall–Kier alpha value is -2.03. The van der Waals surface area contributed by atoms with Gasteiger partial charge in [0.1, 0.15) is 6.20 Å². The predicted octanol–water partition coefficient (Wildman–Crippen LogP) is 1.72. The Morgan fingerprint density at radius 3 is 2.86 bits per heavy atom. The molecule has 2 aromatic heterocycles. The molecule has 0 saturated heterocycles. The van der Waals surface area contributed by atoms with Crippen LogP contribution in [0.1, 0.15) is 0 Å². The number of pyridine rings is 1. The van der Waals surface area contributed by atoms with Crippen molar-refractivity contribution in [3.8, 4) is 0 Å². The molecule has 0 aliphatic rings. The monoisotopic (exact) mass is 184 g/mol. The first-order chi connectivity index (χ1) is 6.84. The fourth-order valence-electron chi connectivity index (χ4n) is 1.81. The Labute approximate surface area is 80.6 Å². The number of nitrogens with two attached hydrogens (primary N) is 1. The lowest BCUT2D eigenvalue weighted by molar-refractivity contribution is -0.358. The molecule has 68 valence electrons. The van der Waals surface area contributed by atoms with Gasteiger partial charge in [-0.05, 0) is 6.07 Å². The lowest BCUT2D eigenvalue weighted by atomic mass is 10.2. The van der Waals surface area contributed by atoms with E-state index in [1.54, 1.807) is 0 Å². The topological polar surface area (TPSA) is 55.9 Å². The summed E-state index contributed by atoms with van der Waals surface area (Å²) in [6.07, 6.45) is 1.89. The van der Waals surface area contributed by atoms with Crippen molar-refractivity contribution in [2.75, 3.05) is 5.73 Å². The summed E-state index contributed by atoms with van der Waals surface area (Å²) in [5.74, 6) is 0.683. The molecule has 0 amide bonds. The zero-order chi connectivity index (χ0) is 9.54. The van der Waals surface area contributed by atoms with Crippen LogP contribution in [0.4, 0.5) is 5.82 Å². The highest BCUT2D eigenvalue weighted by atomic mass is 14.8. The molecule has 14 heavy (non-hydrogen) atoms. The molecular weight excluding hydrogens is 174 g/mol. The van der Waals surface area contributed by atoms with E-state index in [0.29, 0.717) is 5.82 Å². The maximum atomic E-state index is 5.70. The Morgan fingerprint density at radius 1 is 1.07 bits per heavy atom. The molecule has 1 aromatic carbocycles. The number of para-hydroxylation sites is 1. The number of nitrogens with one attached hydrogen (secondary N) is 2. The van der Waals surface area contributed by atoms with E-state index in [1.165, 1.54) is 5.39 Å². The largest absolute Gasteiger partial charge is 0.352 e. The molecule has 3 rings (SSSR count). The summed E-state index contributed by atoms with van der Waals surface area (Å²) >= 11 is 0. The van der Waals surface area contributed by atoms with Crippen molar-refractivity contribution in [3.63, 3.8) is 0 Å². The summed E-state index contributed by atoms with van der Waals surface area (Å²) in [4.78, 5) is 6.30. The zero-order valence-electron chi connectivity index (χ0n) is 7.54. The maximum absolute atomic E-state index is 5.70. The van der Waals surface area contributed by atoms with Gasteiger partial charge in [0, 0.05) is 22.4 Å². The van der Waals surface area contributed by atoms with Crippen LogP contribution in [0.15, 0.2) is 36.5 Å². The summed E-state index contributed by atoms with van der Waals surface area (Å²) in [6, 6.07) is 10.2. The third-order valence-electron chi connectivity index (χ3n) is 2.46. The van der Waals surface area contributed by atoms with E-state index in [2.05, 4.69) is 22.1 Å². The summed E-state index contributed by atoms with van der Waals surface area (Å²) < 4.78 is 0.